The number of rotatable bonds is 2. The fourth-order valence-corrected chi connectivity index (χ4v) is 1.74. The molecule has 0 aromatic heterocycles. The topological polar surface area (TPSA) is 49.7 Å². The summed E-state index contributed by atoms with van der Waals surface area (Å²) in [6.07, 6.45) is -0.555. The first-order chi connectivity index (χ1) is 6.75. The molecule has 3 heteroatoms. The van der Waals surface area contributed by atoms with Crippen molar-refractivity contribution < 1.29 is 14.9 Å². The van der Waals surface area contributed by atoms with Gasteiger partial charge >= 0.3 is 0 Å². The van der Waals surface area contributed by atoms with Crippen LogP contribution in [0.15, 0.2) is 30.3 Å². The van der Waals surface area contributed by atoms with Crippen molar-refractivity contribution in [3.63, 3.8) is 0 Å². The van der Waals surface area contributed by atoms with Crippen LogP contribution in [0.4, 0.5) is 0 Å². The maximum atomic E-state index is 9.27. The minimum absolute atomic E-state index is 0.0672. The SMILES string of the molecule is OC1O[C@@H](Cc2ccccc2)C[C@H]1O. The van der Waals surface area contributed by atoms with Gasteiger partial charge in [-0.25, -0.2) is 0 Å². The number of hydrogen-bond donors (Lipinski definition) is 2. The van der Waals surface area contributed by atoms with E-state index in [0.717, 1.165) is 6.42 Å². The Morgan fingerprint density at radius 1 is 1.21 bits per heavy atom. The Hall–Kier alpha value is -0.900. The molecular weight excluding hydrogens is 180 g/mol. The van der Waals surface area contributed by atoms with Gasteiger partial charge in [-0.2, -0.15) is 0 Å². The molecule has 2 N–H and O–H groups in total. The van der Waals surface area contributed by atoms with Gasteiger partial charge in [-0.3, -0.25) is 0 Å². The molecule has 2 rings (SSSR count). The quantitative estimate of drug-likeness (QED) is 0.728. The third-order valence-corrected chi connectivity index (χ3v) is 2.47. The van der Waals surface area contributed by atoms with E-state index in [1.165, 1.54) is 5.56 Å². The molecule has 1 saturated heterocycles. The molecule has 0 saturated carbocycles. The molecule has 0 bridgehead atoms. The lowest BCUT2D eigenvalue weighted by Crippen LogP contribution is -2.19. The van der Waals surface area contributed by atoms with E-state index in [1.807, 2.05) is 30.3 Å². The summed E-state index contributed by atoms with van der Waals surface area (Å²) in [4.78, 5) is 0. The highest BCUT2D eigenvalue weighted by Gasteiger charge is 2.31. The standard InChI is InChI=1S/C11H14O3/c12-10-7-9(14-11(10)13)6-8-4-2-1-3-5-8/h1-5,9-13H,6-7H2/t9-,10+,11?/m0/s1. The van der Waals surface area contributed by atoms with Crippen LogP contribution in [0.25, 0.3) is 0 Å². The normalized spacial score (nSPS) is 32.0. The van der Waals surface area contributed by atoms with E-state index in [9.17, 15) is 10.2 Å². The third-order valence-electron chi connectivity index (χ3n) is 2.47. The molecule has 1 aromatic rings. The van der Waals surface area contributed by atoms with Crippen LogP contribution in [0.5, 0.6) is 0 Å². The van der Waals surface area contributed by atoms with Crippen molar-refractivity contribution in [1.29, 1.82) is 0 Å². The summed E-state index contributed by atoms with van der Waals surface area (Å²) in [7, 11) is 0. The molecule has 3 atom stereocenters. The van der Waals surface area contributed by atoms with Crippen molar-refractivity contribution in [2.45, 2.75) is 31.3 Å². The van der Waals surface area contributed by atoms with Gasteiger partial charge in [-0.1, -0.05) is 30.3 Å². The van der Waals surface area contributed by atoms with E-state index in [2.05, 4.69) is 0 Å². The van der Waals surface area contributed by atoms with Crippen molar-refractivity contribution in [1.82, 2.24) is 0 Å². The van der Waals surface area contributed by atoms with Crippen LogP contribution in [0.1, 0.15) is 12.0 Å². The summed E-state index contributed by atoms with van der Waals surface area (Å²) in [6, 6.07) is 9.93. The molecule has 1 heterocycles. The highest BCUT2D eigenvalue weighted by molar-refractivity contribution is 5.15. The van der Waals surface area contributed by atoms with Crippen LogP contribution >= 0.6 is 0 Å². The van der Waals surface area contributed by atoms with Crippen LogP contribution < -0.4 is 0 Å². The van der Waals surface area contributed by atoms with Gasteiger partial charge in [0.25, 0.3) is 0 Å². The van der Waals surface area contributed by atoms with Crippen LogP contribution in [-0.2, 0) is 11.2 Å². The summed E-state index contributed by atoms with van der Waals surface area (Å²) in [5, 5.41) is 18.4. The maximum absolute atomic E-state index is 9.27. The molecule has 14 heavy (non-hydrogen) atoms. The van der Waals surface area contributed by atoms with E-state index >= 15 is 0 Å². The Morgan fingerprint density at radius 2 is 1.93 bits per heavy atom. The Bertz CT molecular complexity index is 276. The fourth-order valence-electron chi connectivity index (χ4n) is 1.74. The first kappa shape index (κ1) is 9.65. The molecule has 1 unspecified atom stereocenters. The van der Waals surface area contributed by atoms with Gasteiger partial charge < -0.3 is 14.9 Å². The Balaban J connectivity index is 1.94. The van der Waals surface area contributed by atoms with Crippen molar-refractivity contribution in [3.8, 4) is 0 Å². The zero-order chi connectivity index (χ0) is 9.97. The second-order valence-corrected chi connectivity index (χ2v) is 3.64. The zero-order valence-electron chi connectivity index (χ0n) is 7.84. The number of aliphatic hydroxyl groups is 2. The summed E-state index contributed by atoms with van der Waals surface area (Å²) in [5.74, 6) is 0. The lowest BCUT2D eigenvalue weighted by molar-refractivity contribution is -0.126. The third kappa shape index (κ3) is 2.12. The van der Waals surface area contributed by atoms with Crippen LogP contribution in [0, 0.1) is 0 Å². The van der Waals surface area contributed by atoms with Crippen LogP contribution in [0.2, 0.25) is 0 Å². The Labute approximate surface area is 83.0 Å². The number of ether oxygens (including phenoxy) is 1. The monoisotopic (exact) mass is 194 g/mol. The highest BCUT2D eigenvalue weighted by atomic mass is 16.6. The minimum Gasteiger partial charge on any atom is -0.388 e. The predicted octanol–water partition coefficient (Wildman–Crippen LogP) is 0.697. The number of benzene rings is 1. The summed E-state index contributed by atoms with van der Waals surface area (Å²) >= 11 is 0. The van der Waals surface area contributed by atoms with Crippen molar-refractivity contribution in [2.24, 2.45) is 0 Å². The average molecular weight is 194 g/mol. The second-order valence-electron chi connectivity index (χ2n) is 3.64. The summed E-state index contributed by atoms with van der Waals surface area (Å²) in [6.45, 7) is 0. The lowest BCUT2D eigenvalue weighted by Gasteiger charge is -2.09. The number of hydrogen-bond acceptors (Lipinski definition) is 3. The number of aliphatic hydroxyl groups excluding tert-OH is 2. The molecule has 1 aliphatic heterocycles. The van der Waals surface area contributed by atoms with Crippen molar-refractivity contribution in [2.75, 3.05) is 0 Å². The molecule has 3 nitrogen and oxygen atoms in total. The molecule has 76 valence electrons. The van der Waals surface area contributed by atoms with Gasteiger partial charge in [0.05, 0.1) is 6.10 Å². The average Bonchev–Trinajstić information content (AvgIpc) is 2.47. The van der Waals surface area contributed by atoms with Crippen LogP contribution in [-0.4, -0.2) is 28.7 Å². The molecule has 0 amide bonds. The first-order valence-corrected chi connectivity index (χ1v) is 4.81. The molecule has 1 aliphatic rings. The van der Waals surface area contributed by atoms with Crippen LogP contribution in [0.3, 0.4) is 0 Å². The van der Waals surface area contributed by atoms with Gasteiger partial charge in [0.15, 0.2) is 6.29 Å². The van der Waals surface area contributed by atoms with Gasteiger partial charge in [0, 0.05) is 6.42 Å². The van der Waals surface area contributed by atoms with E-state index in [-0.39, 0.29) is 6.10 Å². The smallest absolute Gasteiger partial charge is 0.181 e. The summed E-state index contributed by atoms with van der Waals surface area (Å²) in [5.41, 5.74) is 1.17. The summed E-state index contributed by atoms with van der Waals surface area (Å²) < 4.78 is 5.18. The van der Waals surface area contributed by atoms with E-state index < -0.39 is 12.4 Å². The van der Waals surface area contributed by atoms with Gasteiger partial charge in [0.2, 0.25) is 0 Å². The van der Waals surface area contributed by atoms with Gasteiger partial charge in [-0.15, -0.1) is 0 Å². The van der Waals surface area contributed by atoms with Gasteiger partial charge in [0.1, 0.15) is 6.10 Å². The highest BCUT2D eigenvalue weighted by Crippen LogP contribution is 2.21. The molecule has 1 aromatic carbocycles. The molecule has 0 spiro atoms. The van der Waals surface area contributed by atoms with E-state index in [4.69, 9.17) is 4.74 Å². The molecular formula is C11H14O3. The Kier molecular flexibility index (Phi) is 2.82. The second kappa shape index (κ2) is 4.09. The fraction of sp³-hybridized carbons (Fsp3) is 0.455. The van der Waals surface area contributed by atoms with E-state index in [1.54, 1.807) is 0 Å². The predicted molar refractivity (Wildman–Crippen MR) is 51.6 cm³/mol. The van der Waals surface area contributed by atoms with Crippen molar-refractivity contribution in [3.05, 3.63) is 35.9 Å². The molecule has 0 aliphatic carbocycles. The molecule has 0 radical (unpaired) electrons. The molecule has 1 fully saturated rings. The Morgan fingerprint density at radius 3 is 2.50 bits per heavy atom. The lowest BCUT2D eigenvalue weighted by atomic mass is 10.1. The largest absolute Gasteiger partial charge is 0.388 e. The van der Waals surface area contributed by atoms with Crippen molar-refractivity contribution >= 4 is 0 Å². The maximum Gasteiger partial charge on any atom is 0.181 e. The van der Waals surface area contributed by atoms with E-state index in [0.29, 0.717) is 6.42 Å². The zero-order valence-corrected chi connectivity index (χ0v) is 7.84. The first-order valence-electron chi connectivity index (χ1n) is 4.81. The van der Waals surface area contributed by atoms with Gasteiger partial charge in [-0.05, 0) is 12.0 Å². The minimum atomic E-state index is -1.01.